The number of anilines is 1. The summed E-state index contributed by atoms with van der Waals surface area (Å²) < 4.78 is 20.8. The van der Waals surface area contributed by atoms with Crippen molar-refractivity contribution < 1.29 is 19.3 Å². The maximum atomic E-state index is 10.7. The molecule has 0 spiro atoms. The van der Waals surface area contributed by atoms with Crippen molar-refractivity contribution in [2.45, 2.75) is 76.6 Å². The van der Waals surface area contributed by atoms with E-state index in [1.165, 1.54) is 6.33 Å². The van der Waals surface area contributed by atoms with Gasteiger partial charge in [-0.2, -0.15) is 0 Å². The fourth-order valence-electron chi connectivity index (χ4n) is 4.42. The number of hydrogen-bond donors (Lipinski definition) is 3. The number of aryl methyl sites for hydroxylation is 1. The van der Waals surface area contributed by atoms with Crippen LogP contribution in [0.5, 0.6) is 0 Å². The van der Waals surface area contributed by atoms with Gasteiger partial charge < -0.3 is 30.8 Å². The van der Waals surface area contributed by atoms with Gasteiger partial charge in [0.2, 0.25) is 0 Å². The molecule has 0 amide bonds. The zero-order chi connectivity index (χ0) is 22.3. The van der Waals surface area contributed by atoms with Gasteiger partial charge in [0.15, 0.2) is 29.0 Å². The Morgan fingerprint density at radius 3 is 2.74 bits per heavy atom. The summed E-state index contributed by atoms with van der Waals surface area (Å²) in [5, 5.41) is 10.7. The van der Waals surface area contributed by atoms with Crippen molar-refractivity contribution in [3.05, 3.63) is 12.2 Å². The van der Waals surface area contributed by atoms with E-state index in [4.69, 9.17) is 25.7 Å². The molecule has 0 radical (unpaired) electrons. The van der Waals surface area contributed by atoms with Gasteiger partial charge in [-0.3, -0.25) is 9.47 Å². The lowest BCUT2D eigenvalue weighted by molar-refractivity contribution is -0.201. The molecule has 2 aliphatic rings. The van der Waals surface area contributed by atoms with Crippen LogP contribution in [0.2, 0.25) is 0 Å². The van der Waals surface area contributed by atoms with Gasteiger partial charge >= 0.3 is 0 Å². The van der Waals surface area contributed by atoms with Gasteiger partial charge in [0.25, 0.3) is 0 Å². The number of aliphatic hydroxyl groups excluding tert-OH is 1. The number of fused-ring (bicyclic) bond motifs is 2. The zero-order valence-corrected chi connectivity index (χ0v) is 18.6. The fourth-order valence-corrected chi connectivity index (χ4v) is 4.42. The molecule has 5 atom stereocenters. The molecular formula is C20H33N7O4. The molecule has 2 aromatic heterocycles. The largest absolute Gasteiger partial charge is 0.382 e. The van der Waals surface area contributed by atoms with Crippen LogP contribution in [0.15, 0.2) is 6.33 Å². The second-order valence-electron chi connectivity index (χ2n) is 8.65. The molecule has 0 aromatic carbocycles. The molecule has 4 heterocycles. The lowest BCUT2D eigenvalue weighted by atomic mass is 10.1. The number of rotatable bonds is 8. The van der Waals surface area contributed by atoms with Crippen LogP contribution in [0.3, 0.4) is 0 Å². The average Bonchev–Trinajstić information content (AvgIpc) is 3.35. The summed E-state index contributed by atoms with van der Waals surface area (Å²) in [5.74, 6) is 0.342. The molecule has 2 fully saturated rings. The fraction of sp³-hybridized carbons (Fsp3) is 0.750. The molecule has 11 heteroatoms. The van der Waals surface area contributed by atoms with Crippen molar-refractivity contribution in [2.24, 2.45) is 5.73 Å². The van der Waals surface area contributed by atoms with Crippen LogP contribution in [-0.4, -0.2) is 80.0 Å². The van der Waals surface area contributed by atoms with Crippen molar-refractivity contribution in [1.82, 2.24) is 24.4 Å². The molecule has 2 aromatic rings. The average molecular weight is 436 g/mol. The smallest absolute Gasteiger partial charge is 0.167 e. The van der Waals surface area contributed by atoms with Crippen molar-refractivity contribution in [1.29, 1.82) is 0 Å². The highest BCUT2D eigenvalue weighted by molar-refractivity contribution is 5.81. The maximum Gasteiger partial charge on any atom is 0.167 e. The number of ether oxygens (including phenoxy) is 3. The van der Waals surface area contributed by atoms with E-state index in [9.17, 15) is 5.11 Å². The number of nitrogens with zero attached hydrogens (tertiary/aromatic N) is 5. The minimum atomic E-state index is -0.761. The molecule has 0 aliphatic carbocycles. The Bertz CT molecular complexity index is 920. The molecule has 31 heavy (non-hydrogen) atoms. The van der Waals surface area contributed by atoms with Crippen LogP contribution < -0.4 is 11.5 Å². The molecule has 1 unspecified atom stereocenters. The molecule has 0 saturated carbocycles. The van der Waals surface area contributed by atoms with Crippen LogP contribution in [-0.2, 0) is 20.6 Å². The van der Waals surface area contributed by atoms with Crippen LogP contribution in [0.1, 0.15) is 45.7 Å². The first-order chi connectivity index (χ1) is 14.8. The SMILES string of the molecule is CCc1nc2c(N)ncnc2n1[C@@H]1O[C@H](CC(O)N(C)CCCN)[C@H]2OC(C)(C)O[C@H]21. The monoisotopic (exact) mass is 435 g/mol. The van der Waals surface area contributed by atoms with Gasteiger partial charge in [0.05, 0.1) is 6.10 Å². The Morgan fingerprint density at radius 1 is 1.29 bits per heavy atom. The first-order valence-electron chi connectivity index (χ1n) is 10.8. The first kappa shape index (κ1) is 22.3. The summed E-state index contributed by atoms with van der Waals surface area (Å²) in [7, 11) is 1.87. The third-order valence-electron chi connectivity index (χ3n) is 5.94. The number of aromatic nitrogens is 4. The number of aliphatic hydroxyl groups is 1. The molecule has 2 aliphatic heterocycles. The van der Waals surface area contributed by atoms with Crippen LogP contribution in [0.25, 0.3) is 11.2 Å². The Balaban J connectivity index is 1.65. The predicted octanol–water partition coefficient (Wildman–Crippen LogP) is 0.378. The zero-order valence-electron chi connectivity index (χ0n) is 18.6. The summed E-state index contributed by atoms with van der Waals surface area (Å²) in [6, 6.07) is 0. The summed E-state index contributed by atoms with van der Waals surface area (Å²) in [4.78, 5) is 15.0. The van der Waals surface area contributed by atoms with Gasteiger partial charge in [-0.05, 0) is 33.9 Å². The number of nitrogen functional groups attached to an aromatic ring is 1. The van der Waals surface area contributed by atoms with Gasteiger partial charge in [-0.15, -0.1) is 0 Å². The van der Waals surface area contributed by atoms with Crippen molar-refractivity contribution >= 4 is 17.0 Å². The molecule has 2 saturated heterocycles. The Morgan fingerprint density at radius 2 is 2.03 bits per heavy atom. The molecule has 11 nitrogen and oxygen atoms in total. The third kappa shape index (κ3) is 4.13. The van der Waals surface area contributed by atoms with Crippen LogP contribution in [0, 0.1) is 0 Å². The quantitative estimate of drug-likeness (QED) is 0.497. The highest BCUT2D eigenvalue weighted by Gasteiger charge is 2.56. The lowest BCUT2D eigenvalue weighted by Crippen LogP contribution is -2.39. The number of imidazole rings is 1. The highest BCUT2D eigenvalue weighted by Crippen LogP contribution is 2.45. The van der Waals surface area contributed by atoms with Crippen molar-refractivity contribution in [3.63, 3.8) is 0 Å². The second-order valence-corrected chi connectivity index (χ2v) is 8.65. The Labute approximate surface area is 181 Å². The molecule has 172 valence electrons. The van der Waals surface area contributed by atoms with E-state index in [2.05, 4.69) is 15.0 Å². The van der Waals surface area contributed by atoms with E-state index in [1.807, 2.05) is 37.3 Å². The first-order valence-corrected chi connectivity index (χ1v) is 10.8. The Kier molecular flexibility index (Phi) is 6.16. The van der Waals surface area contributed by atoms with E-state index >= 15 is 0 Å². The summed E-state index contributed by atoms with van der Waals surface area (Å²) in [6.07, 6.45) is 0.996. The van der Waals surface area contributed by atoms with Gasteiger partial charge in [0.1, 0.15) is 30.6 Å². The molecule has 5 N–H and O–H groups in total. The summed E-state index contributed by atoms with van der Waals surface area (Å²) in [5.41, 5.74) is 12.8. The third-order valence-corrected chi connectivity index (χ3v) is 5.94. The highest BCUT2D eigenvalue weighted by atomic mass is 16.8. The van der Waals surface area contributed by atoms with Gasteiger partial charge in [-0.25, -0.2) is 15.0 Å². The standard InChI is InChI=1S/C20H33N7O4/c1-5-12-25-14-17(22)23-10-24-18(14)27(12)19-16-15(30-20(2,3)31-16)11(29-19)9-13(28)26(4)8-6-7-21/h10-11,13,15-16,19,28H,5-9,21H2,1-4H3,(H2,22,23,24)/t11-,13?,15-,16-,19-/m1/s1. The van der Waals surface area contributed by atoms with E-state index < -0.39 is 18.2 Å². The van der Waals surface area contributed by atoms with E-state index in [-0.39, 0.29) is 18.3 Å². The lowest BCUT2D eigenvalue weighted by Gasteiger charge is -2.29. The second kappa shape index (κ2) is 8.57. The van der Waals surface area contributed by atoms with E-state index in [1.54, 1.807) is 0 Å². The topological polar surface area (TPSA) is 147 Å². The molecule has 4 rings (SSSR count). The number of hydrogen-bond acceptors (Lipinski definition) is 10. The van der Waals surface area contributed by atoms with Gasteiger partial charge in [0, 0.05) is 19.4 Å². The van der Waals surface area contributed by atoms with Crippen LogP contribution in [0.4, 0.5) is 5.82 Å². The van der Waals surface area contributed by atoms with Crippen molar-refractivity contribution in [3.8, 4) is 0 Å². The normalized spacial score (nSPS) is 28.5. The molecular weight excluding hydrogens is 402 g/mol. The minimum absolute atomic E-state index is 0.324. The van der Waals surface area contributed by atoms with Gasteiger partial charge in [-0.1, -0.05) is 6.92 Å². The van der Waals surface area contributed by atoms with Crippen LogP contribution >= 0.6 is 0 Å². The maximum absolute atomic E-state index is 10.7. The molecule has 0 bridgehead atoms. The van der Waals surface area contributed by atoms with E-state index in [0.29, 0.717) is 42.9 Å². The summed E-state index contributed by atoms with van der Waals surface area (Å²) >= 11 is 0. The van der Waals surface area contributed by atoms with E-state index in [0.717, 1.165) is 12.2 Å². The van der Waals surface area contributed by atoms with Crippen molar-refractivity contribution in [2.75, 3.05) is 25.9 Å². The number of nitrogens with two attached hydrogens (primary N) is 2. The Hall–Kier alpha value is -1.89. The minimum Gasteiger partial charge on any atom is -0.382 e. The summed E-state index contributed by atoms with van der Waals surface area (Å²) in [6.45, 7) is 7.06. The predicted molar refractivity (Wildman–Crippen MR) is 114 cm³/mol.